The van der Waals surface area contributed by atoms with Crippen LogP contribution in [0.1, 0.15) is 39.2 Å². The van der Waals surface area contributed by atoms with Crippen LogP contribution in [0.2, 0.25) is 0 Å². The number of carbonyl (C=O) groups excluding carboxylic acids is 1. The highest BCUT2D eigenvalue weighted by Gasteiger charge is 2.03. The Balaban J connectivity index is 2.48. The van der Waals surface area contributed by atoms with Crippen molar-refractivity contribution in [2.24, 2.45) is 0 Å². The Morgan fingerprint density at radius 1 is 1.04 bits per heavy atom. The monoisotopic (exact) mass is 344 g/mol. The molecule has 0 aromatic heterocycles. The summed E-state index contributed by atoms with van der Waals surface area (Å²) < 4.78 is 15.6. The van der Waals surface area contributed by atoms with E-state index in [2.05, 4.69) is 19.9 Å². The van der Waals surface area contributed by atoms with Gasteiger partial charge in [-0.25, -0.2) is 4.79 Å². The van der Waals surface area contributed by atoms with Crippen molar-refractivity contribution in [3.8, 4) is 11.5 Å². The quantitative estimate of drug-likeness (QED) is 0.361. The maximum Gasteiger partial charge on any atom is 0.331 e. The van der Waals surface area contributed by atoms with Crippen LogP contribution in [-0.4, -0.2) is 26.8 Å². The number of allylic oxidation sites excluding steroid dienone is 3. The molecule has 0 radical (unpaired) electrons. The number of carbonyl (C=O) groups is 1. The van der Waals surface area contributed by atoms with Crippen LogP contribution >= 0.6 is 0 Å². The van der Waals surface area contributed by atoms with E-state index in [9.17, 15) is 4.79 Å². The third kappa shape index (κ3) is 8.25. The van der Waals surface area contributed by atoms with E-state index in [1.54, 1.807) is 32.4 Å². The molecule has 0 aliphatic heterocycles. The van der Waals surface area contributed by atoms with E-state index in [0.717, 1.165) is 18.4 Å². The standard InChI is InChI=1S/C21H28O4/c1-16(2)7-6-8-17(3)13-14-25-21(22)12-10-18-9-11-19(23-4)20(15-18)24-5/h7,9-13,15H,6,8,14H2,1-5H3. The summed E-state index contributed by atoms with van der Waals surface area (Å²) in [5.41, 5.74) is 3.37. The summed E-state index contributed by atoms with van der Waals surface area (Å²) in [7, 11) is 3.16. The fourth-order valence-electron chi connectivity index (χ4n) is 2.13. The molecule has 136 valence electrons. The van der Waals surface area contributed by atoms with Gasteiger partial charge in [-0.1, -0.05) is 23.3 Å². The number of hydrogen-bond donors (Lipinski definition) is 0. The Bertz CT molecular complexity index is 650. The second-order valence-corrected chi connectivity index (χ2v) is 5.95. The Morgan fingerprint density at radius 2 is 1.76 bits per heavy atom. The fraction of sp³-hybridized carbons (Fsp3) is 0.381. The van der Waals surface area contributed by atoms with Crippen LogP contribution in [0.25, 0.3) is 6.08 Å². The zero-order valence-electron chi connectivity index (χ0n) is 15.8. The lowest BCUT2D eigenvalue weighted by Gasteiger charge is -2.07. The molecule has 0 aliphatic carbocycles. The first kappa shape index (κ1) is 20.6. The van der Waals surface area contributed by atoms with Crippen molar-refractivity contribution < 1.29 is 19.0 Å². The van der Waals surface area contributed by atoms with Crippen LogP contribution in [-0.2, 0) is 9.53 Å². The van der Waals surface area contributed by atoms with Crippen LogP contribution in [0.5, 0.6) is 11.5 Å². The SMILES string of the molecule is COc1ccc(C=CC(=O)OCC=C(C)CCC=C(C)C)cc1OC. The molecule has 1 aromatic rings. The molecule has 0 amide bonds. The minimum Gasteiger partial charge on any atom is -0.493 e. The van der Waals surface area contributed by atoms with Crippen molar-refractivity contribution >= 4 is 12.0 Å². The van der Waals surface area contributed by atoms with Gasteiger partial charge < -0.3 is 14.2 Å². The molecule has 25 heavy (non-hydrogen) atoms. The lowest BCUT2D eigenvalue weighted by Crippen LogP contribution is -2.00. The maximum absolute atomic E-state index is 11.8. The van der Waals surface area contributed by atoms with Crippen LogP contribution in [0.4, 0.5) is 0 Å². The van der Waals surface area contributed by atoms with E-state index in [4.69, 9.17) is 14.2 Å². The number of esters is 1. The summed E-state index contributed by atoms with van der Waals surface area (Å²) in [4.78, 5) is 11.8. The predicted molar refractivity (Wildman–Crippen MR) is 102 cm³/mol. The van der Waals surface area contributed by atoms with E-state index in [1.165, 1.54) is 17.2 Å². The summed E-state index contributed by atoms with van der Waals surface area (Å²) in [6.07, 6.45) is 9.24. The summed E-state index contributed by atoms with van der Waals surface area (Å²) in [6.45, 7) is 6.51. The van der Waals surface area contributed by atoms with E-state index in [-0.39, 0.29) is 12.6 Å². The molecule has 0 aliphatic rings. The predicted octanol–water partition coefficient (Wildman–Crippen LogP) is 4.95. The van der Waals surface area contributed by atoms with Gasteiger partial charge in [0.25, 0.3) is 0 Å². The van der Waals surface area contributed by atoms with Gasteiger partial charge in [-0.15, -0.1) is 0 Å². The minimum absolute atomic E-state index is 0.287. The van der Waals surface area contributed by atoms with E-state index in [0.29, 0.717) is 11.5 Å². The normalized spacial score (nSPS) is 11.3. The second kappa shape index (κ2) is 11.1. The fourth-order valence-corrected chi connectivity index (χ4v) is 2.13. The zero-order chi connectivity index (χ0) is 18.7. The lowest BCUT2D eigenvalue weighted by atomic mass is 10.1. The van der Waals surface area contributed by atoms with Gasteiger partial charge in [-0.2, -0.15) is 0 Å². The average molecular weight is 344 g/mol. The number of methoxy groups -OCH3 is 2. The Morgan fingerprint density at radius 3 is 2.40 bits per heavy atom. The van der Waals surface area contributed by atoms with Gasteiger partial charge in [-0.05, 0) is 63.5 Å². The molecule has 4 heteroatoms. The van der Waals surface area contributed by atoms with Crippen molar-refractivity contribution in [2.75, 3.05) is 20.8 Å². The van der Waals surface area contributed by atoms with Gasteiger partial charge in [0, 0.05) is 6.08 Å². The van der Waals surface area contributed by atoms with Crippen LogP contribution in [0.3, 0.4) is 0 Å². The first-order valence-electron chi connectivity index (χ1n) is 8.32. The van der Waals surface area contributed by atoms with Crippen LogP contribution in [0, 0.1) is 0 Å². The third-order valence-corrected chi connectivity index (χ3v) is 3.57. The molecule has 0 N–H and O–H groups in total. The van der Waals surface area contributed by atoms with Crippen molar-refractivity contribution in [2.45, 2.75) is 33.6 Å². The molecule has 0 heterocycles. The van der Waals surface area contributed by atoms with Crippen molar-refractivity contribution in [3.05, 3.63) is 53.1 Å². The smallest absolute Gasteiger partial charge is 0.331 e. The van der Waals surface area contributed by atoms with Crippen molar-refractivity contribution in [3.63, 3.8) is 0 Å². The molecule has 1 aromatic carbocycles. The van der Waals surface area contributed by atoms with Crippen LogP contribution < -0.4 is 9.47 Å². The molecule has 0 unspecified atom stereocenters. The Kier molecular flexibility index (Phi) is 9.15. The van der Waals surface area contributed by atoms with E-state index in [1.807, 2.05) is 19.1 Å². The molecule has 1 rings (SSSR count). The maximum atomic E-state index is 11.8. The first-order valence-corrected chi connectivity index (χ1v) is 8.32. The van der Waals surface area contributed by atoms with Gasteiger partial charge in [0.15, 0.2) is 11.5 Å². The minimum atomic E-state index is -0.372. The molecule has 0 saturated carbocycles. The van der Waals surface area contributed by atoms with Gasteiger partial charge in [0.05, 0.1) is 14.2 Å². The summed E-state index contributed by atoms with van der Waals surface area (Å²) >= 11 is 0. The highest BCUT2D eigenvalue weighted by Crippen LogP contribution is 2.27. The lowest BCUT2D eigenvalue weighted by molar-refractivity contribution is -0.136. The van der Waals surface area contributed by atoms with Gasteiger partial charge in [0.1, 0.15) is 6.61 Å². The molecule has 4 nitrogen and oxygen atoms in total. The Hall–Kier alpha value is -2.49. The number of benzene rings is 1. The number of ether oxygens (including phenoxy) is 3. The van der Waals surface area contributed by atoms with Crippen molar-refractivity contribution in [1.29, 1.82) is 0 Å². The molecule has 0 fully saturated rings. The molecular formula is C21H28O4. The number of hydrogen-bond acceptors (Lipinski definition) is 4. The molecule has 0 atom stereocenters. The van der Waals surface area contributed by atoms with E-state index >= 15 is 0 Å². The van der Waals surface area contributed by atoms with Crippen LogP contribution in [0.15, 0.2) is 47.6 Å². The zero-order valence-corrected chi connectivity index (χ0v) is 15.8. The average Bonchev–Trinajstić information content (AvgIpc) is 2.59. The Labute approximate surface area is 150 Å². The van der Waals surface area contributed by atoms with Gasteiger partial charge in [0.2, 0.25) is 0 Å². The highest BCUT2D eigenvalue weighted by atomic mass is 16.5. The number of rotatable bonds is 9. The topological polar surface area (TPSA) is 44.8 Å². The largest absolute Gasteiger partial charge is 0.493 e. The molecule has 0 saturated heterocycles. The van der Waals surface area contributed by atoms with Crippen molar-refractivity contribution in [1.82, 2.24) is 0 Å². The highest BCUT2D eigenvalue weighted by molar-refractivity contribution is 5.87. The molecular weight excluding hydrogens is 316 g/mol. The second-order valence-electron chi connectivity index (χ2n) is 5.95. The third-order valence-electron chi connectivity index (χ3n) is 3.57. The van der Waals surface area contributed by atoms with E-state index < -0.39 is 0 Å². The summed E-state index contributed by atoms with van der Waals surface area (Å²) in [6, 6.07) is 5.44. The first-order chi connectivity index (χ1) is 12.0. The molecule has 0 spiro atoms. The van der Waals surface area contributed by atoms with Gasteiger partial charge in [-0.3, -0.25) is 0 Å². The van der Waals surface area contributed by atoms with Gasteiger partial charge >= 0.3 is 5.97 Å². The summed E-state index contributed by atoms with van der Waals surface area (Å²) in [5.74, 6) is 0.895. The summed E-state index contributed by atoms with van der Waals surface area (Å²) in [5, 5.41) is 0. The molecule has 0 bridgehead atoms.